The monoisotopic (exact) mass is 505 g/mol. The fourth-order valence-electron chi connectivity index (χ4n) is 3.29. The van der Waals surface area contributed by atoms with Crippen molar-refractivity contribution < 1.29 is 14.6 Å². The molecule has 1 fully saturated rings. The second-order valence-electron chi connectivity index (χ2n) is 7.06. The summed E-state index contributed by atoms with van der Waals surface area (Å²) in [5.74, 6) is 2.18. The van der Waals surface area contributed by atoms with E-state index >= 15 is 0 Å². The van der Waals surface area contributed by atoms with Crippen molar-refractivity contribution in [3.05, 3.63) is 29.8 Å². The Labute approximate surface area is 186 Å². The first kappa shape index (κ1) is 25.0. The van der Waals surface area contributed by atoms with E-state index in [1.807, 2.05) is 31.2 Å². The fraction of sp³-hybridized carbons (Fsp3) is 0.667. The van der Waals surface area contributed by atoms with Crippen LogP contribution in [0.15, 0.2) is 29.3 Å². The zero-order chi connectivity index (χ0) is 19.3. The zero-order valence-corrected chi connectivity index (χ0v) is 19.5. The molecule has 6 nitrogen and oxygen atoms in total. The summed E-state index contributed by atoms with van der Waals surface area (Å²) >= 11 is 0. The van der Waals surface area contributed by atoms with E-state index in [9.17, 15) is 5.11 Å². The van der Waals surface area contributed by atoms with Crippen molar-refractivity contribution in [2.75, 3.05) is 33.4 Å². The standard InChI is InChI=1S/C21H35N3O3.HI/c1-3-27-13-5-12-22-21(24-16-18-6-4-7-19(25)14-18)23-15-17-8-10-20(26-2)11-9-17;/h8-11,18-19,25H,3-7,12-16H2,1-2H3,(H2,22,23,24);1H. The van der Waals surface area contributed by atoms with Gasteiger partial charge in [0.15, 0.2) is 5.96 Å². The smallest absolute Gasteiger partial charge is 0.191 e. The molecule has 1 aliphatic carbocycles. The molecule has 1 saturated carbocycles. The zero-order valence-electron chi connectivity index (χ0n) is 17.2. The van der Waals surface area contributed by atoms with Gasteiger partial charge in [0.1, 0.15) is 5.75 Å². The highest BCUT2D eigenvalue weighted by molar-refractivity contribution is 14.0. The SMILES string of the molecule is CCOCCCNC(=NCc1ccc(OC)cc1)NCC1CCCC(O)C1.I. The summed E-state index contributed by atoms with van der Waals surface area (Å²) in [6.45, 7) is 5.79. The summed E-state index contributed by atoms with van der Waals surface area (Å²) in [5, 5.41) is 16.7. The molecule has 0 aromatic heterocycles. The predicted molar refractivity (Wildman–Crippen MR) is 125 cm³/mol. The van der Waals surface area contributed by atoms with Crippen LogP contribution in [0.3, 0.4) is 0 Å². The summed E-state index contributed by atoms with van der Waals surface area (Å²) in [6.07, 6.45) is 4.88. The third-order valence-corrected chi connectivity index (χ3v) is 4.85. The molecule has 0 radical (unpaired) electrons. The Bertz CT molecular complexity index is 554. The number of nitrogens with one attached hydrogen (secondary N) is 2. The van der Waals surface area contributed by atoms with Gasteiger partial charge in [0.25, 0.3) is 0 Å². The van der Waals surface area contributed by atoms with Gasteiger partial charge < -0.3 is 25.2 Å². The number of hydrogen-bond donors (Lipinski definition) is 3. The number of halogens is 1. The molecule has 0 heterocycles. The lowest BCUT2D eigenvalue weighted by atomic mass is 9.87. The van der Waals surface area contributed by atoms with Crippen LogP contribution in [-0.2, 0) is 11.3 Å². The highest BCUT2D eigenvalue weighted by Gasteiger charge is 2.20. The average molecular weight is 505 g/mol. The number of benzene rings is 1. The van der Waals surface area contributed by atoms with Crippen molar-refractivity contribution in [2.45, 2.75) is 51.7 Å². The molecule has 2 rings (SSSR count). The van der Waals surface area contributed by atoms with Gasteiger partial charge in [-0.25, -0.2) is 4.99 Å². The highest BCUT2D eigenvalue weighted by Crippen LogP contribution is 2.23. The molecule has 1 aliphatic rings. The van der Waals surface area contributed by atoms with Crippen LogP contribution < -0.4 is 15.4 Å². The lowest BCUT2D eigenvalue weighted by Crippen LogP contribution is -2.41. The molecule has 1 aromatic carbocycles. The quantitative estimate of drug-likeness (QED) is 0.197. The van der Waals surface area contributed by atoms with Crippen molar-refractivity contribution in [3.8, 4) is 5.75 Å². The van der Waals surface area contributed by atoms with E-state index < -0.39 is 0 Å². The van der Waals surface area contributed by atoms with E-state index in [2.05, 4.69) is 10.6 Å². The van der Waals surface area contributed by atoms with Crippen molar-refractivity contribution in [1.29, 1.82) is 0 Å². The van der Waals surface area contributed by atoms with E-state index in [0.29, 0.717) is 12.5 Å². The van der Waals surface area contributed by atoms with Crippen LogP contribution in [0.25, 0.3) is 0 Å². The normalized spacial score (nSPS) is 19.6. The lowest BCUT2D eigenvalue weighted by molar-refractivity contribution is 0.102. The first-order valence-electron chi connectivity index (χ1n) is 10.1. The van der Waals surface area contributed by atoms with Crippen LogP contribution in [-0.4, -0.2) is 50.6 Å². The number of guanidine groups is 1. The molecule has 0 amide bonds. The number of hydrogen-bond acceptors (Lipinski definition) is 4. The van der Waals surface area contributed by atoms with Crippen molar-refractivity contribution in [1.82, 2.24) is 10.6 Å². The first-order chi connectivity index (χ1) is 13.2. The van der Waals surface area contributed by atoms with Crippen LogP contribution in [0.5, 0.6) is 5.75 Å². The summed E-state index contributed by atoms with van der Waals surface area (Å²) < 4.78 is 10.6. The second-order valence-corrected chi connectivity index (χ2v) is 7.06. The van der Waals surface area contributed by atoms with Crippen LogP contribution >= 0.6 is 24.0 Å². The Hall–Kier alpha value is -1.06. The largest absolute Gasteiger partial charge is 0.497 e. The van der Waals surface area contributed by atoms with E-state index in [0.717, 1.165) is 69.3 Å². The maximum Gasteiger partial charge on any atom is 0.191 e. The third-order valence-electron chi connectivity index (χ3n) is 4.85. The van der Waals surface area contributed by atoms with Gasteiger partial charge in [0.05, 0.1) is 19.8 Å². The van der Waals surface area contributed by atoms with Gasteiger partial charge in [0, 0.05) is 26.3 Å². The summed E-state index contributed by atoms with van der Waals surface area (Å²) in [5.41, 5.74) is 1.14. The van der Waals surface area contributed by atoms with Crippen LogP contribution in [0, 0.1) is 5.92 Å². The minimum absolute atomic E-state index is 0. The summed E-state index contributed by atoms with van der Waals surface area (Å²) in [6, 6.07) is 7.98. The number of nitrogens with zero attached hydrogens (tertiary/aromatic N) is 1. The van der Waals surface area contributed by atoms with Gasteiger partial charge >= 0.3 is 0 Å². The van der Waals surface area contributed by atoms with Crippen LogP contribution in [0.1, 0.15) is 44.6 Å². The van der Waals surface area contributed by atoms with Crippen LogP contribution in [0.4, 0.5) is 0 Å². The molecule has 28 heavy (non-hydrogen) atoms. The highest BCUT2D eigenvalue weighted by atomic mass is 127. The topological polar surface area (TPSA) is 75.1 Å². The number of ether oxygens (including phenoxy) is 2. The summed E-state index contributed by atoms with van der Waals surface area (Å²) in [4.78, 5) is 4.72. The molecule has 0 spiro atoms. The minimum Gasteiger partial charge on any atom is -0.497 e. The molecule has 1 aromatic rings. The van der Waals surface area contributed by atoms with Gasteiger partial charge in [-0.2, -0.15) is 0 Å². The molecule has 7 heteroatoms. The van der Waals surface area contributed by atoms with E-state index in [4.69, 9.17) is 14.5 Å². The first-order valence-corrected chi connectivity index (χ1v) is 10.1. The molecule has 0 saturated heterocycles. The predicted octanol–water partition coefficient (Wildman–Crippen LogP) is 3.33. The Morgan fingerprint density at radius 2 is 2.00 bits per heavy atom. The lowest BCUT2D eigenvalue weighted by Gasteiger charge is -2.26. The molecule has 0 aliphatic heterocycles. The fourth-order valence-corrected chi connectivity index (χ4v) is 3.29. The summed E-state index contributed by atoms with van der Waals surface area (Å²) in [7, 11) is 1.67. The van der Waals surface area contributed by atoms with Gasteiger partial charge in [-0.3, -0.25) is 0 Å². The maximum atomic E-state index is 9.87. The van der Waals surface area contributed by atoms with Crippen molar-refractivity contribution >= 4 is 29.9 Å². The Morgan fingerprint density at radius 3 is 2.68 bits per heavy atom. The molecular formula is C21H36IN3O3. The molecule has 2 atom stereocenters. The van der Waals surface area contributed by atoms with Crippen molar-refractivity contribution in [3.63, 3.8) is 0 Å². The van der Waals surface area contributed by atoms with E-state index in [1.54, 1.807) is 7.11 Å². The number of aliphatic hydroxyl groups is 1. The van der Waals surface area contributed by atoms with E-state index in [-0.39, 0.29) is 30.1 Å². The van der Waals surface area contributed by atoms with Gasteiger partial charge in [0.2, 0.25) is 0 Å². The Morgan fingerprint density at radius 1 is 1.21 bits per heavy atom. The molecule has 160 valence electrons. The van der Waals surface area contributed by atoms with Gasteiger partial charge in [-0.15, -0.1) is 24.0 Å². The van der Waals surface area contributed by atoms with Gasteiger partial charge in [-0.05, 0) is 56.2 Å². The number of aliphatic imine (C=N–C) groups is 1. The Kier molecular flexibility index (Phi) is 13.3. The molecular weight excluding hydrogens is 469 g/mol. The molecule has 0 bridgehead atoms. The minimum atomic E-state index is -0.149. The average Bonchev–Trinajstić information content (AvgIpc) is 2.69. The van der Waals surface area contributed by atoms with E-state index in [1.165, 1.54) is 6.42 Å². The second kappa shape index (κ2) is 14.9. The maximum absolute atomic E-state index is 9.87. The molecule has 2 unspecified atom stereocenters. The number of methoxy groups -OCH3 is 1. The van der Waals surface area contributed by atoms with Crippen molar-refractivity contribution in [2.24, 2.45) is 10.9 Å². The third kappa shape index (κ3) is 9.93. The van der Waals surface area contributed by atoms with Gasteiger partial charge in [-0.1, -0.05) is 18.6 Å². The number of aliphatic hydroxyl groups excluding tert-OH is 1. The molecule has 3 N–H and O–H groups in total. The Balaban J connectivity index is 0.00000392. The number of rotatable bonds is 10. The van der Waals surface area contributed by atoms with Crippen LogP contribution in [0.2, 0.25) is 0 Å².